The third-order valence-electron chi connectivity index (χ3n) is 3.72. The van der Waals surface area contributed by atoms with Gasteiger partial charge < -0.3 is 24.3 Å². The Balaban J connectivity index is 0.000000465. The van der Waals surface area contributed by atoms with Crippen LogP contribution in [0.1, 0.15) is 17.4 Å². The Morgan fingerprint density at radius 3 is 2.33 bits per heavy atom. The van der Waals surface area contributed by atoms with Gasteiger partial charge in [0.25, 0.3) is 0 Å². The zero-order chi connectivity index (χ0) is 19.9. The minimum absolute atomic E-state index is 0.105. The van der Waals surface area contributed by atoms with Gasteiger partial charge in [-0.15, -0.1) is 11.3 Å². The summed E-state index contributed by atoms with van der Waals surface area (Å²) in [6.45, 7) is 1.01. The first-order valence-electron chi connectivity index (χ1n) is 8.35. The Hall–Kier alpha value is -1.73. The molecule has 146 valence electrons. The van der Waals surface area contributed by atoms with Crippen LogP contribution in [-0.2, 0) is 4.57 Å². The van der Waals surface area contributed by atoms with Crippen molar-refractivity contribution in [3.8, 4) is 5.75 Å². The van der Waals surface area contributed by atoms with Crippen molar-refractivity contribution in [3.05, 3.63) is 64.9 Å². The molecular weight excluding hydrogens is 385 g/mol. The van der Waals surface area contributed by atoms with Gasteiger partial charge in [0.2, 0.25) is 0 Å². The van der Waals surface area contributed by atoms with Crippen LogP contribution in [0.15, 0.2) is 60.0 Å². The molecule has 0 aliphatic heterocycles. The Morgan fingerprint density at radius 1 is 1.04 bits per heavy atom. The highest BCUT2D eigenvalue weighted by atomic mass is 32.1. The predicted molar refractivity (Wildman–Crippen MR) is 109 cm³/mol. The number of fused-ring (bicyclic) bond motifs is 1. The van der Waals surface area contributed by atoms with Crippen molar-refractivity contribution in [1.29, 1.82) is 0 Å². The first-order valence-corrected chi connectivity index (χ1v) is 10.8. The van der Waals surface area contributed by atoms with Gasteiger partial charge in [0.15, 0.2) is 0 Å². The molecule has 0 fully saturated rings. The Bertz CT molecular complexity index is 865. The molecule has 1 aromatic heterocycles. The zero-order valence-electron chi connectivity index (χ0n) is 15.2. The van der Waals surface area contributed by atoms with E-state index in [1.807, 2.05) is 0 Å². The third-order valence-corrected chi connectivity index (χ3v) is 4.68. The van der Waals surface area contributed by atoms with Crippen LogP contribution < -0.4 is 4.74 Å². The highest BCUT2D eigenvalue weighted by molar-refractivity contribution is 7.45. The molecular formula is C19H24NO5PS. The van der Waals surface area contributed by atoms with Crippen molar-refractivity contribution in [2.75, 3.05) is 20.6 Å². The number of benzene rings is 2. The number of thiophene rings is 1. The van der Waals surface area contributed by atoms with Gasteiger partial charge in [-0.1, -0.05) is 42.5 Å². The summed E-state index contributed by atoms with van der Waals surface area (Å²) in [4.78, 5) is 25.1. The van der Waals surface area contributed by atoms with Crippen LogP contribution in [0.25, 0.3) is 10.8 Å². The van der Waals surface area contributed by atoms with Crippen molar-refractivity contribution in [2.45, 2.75) is 12.5 Å². The SMILES string of the molecule is CN(C)CC[C@H](Oc1cccc2ccccc12)c1cccs1.O=P(O)(O)O. The number of hydrogen-bond donors (Lipinski definition) is 3. The van der Waals surface area contributed by atoms with Crippen LogP contribution in [0.5, 0.6) is 5.75 Å². The fraction of sp³-hybridized carbons (Fsp3) is 0.263. The summed E-state index contributed by atoms with van der Waals surface area (Å²) in [7, 11) is -0.438. The molecule has 0 bridgehead atoms. The third kappa shape index (κ3) is 7.81. The first kappa shape index (κ1) is 21.6. The highest BCUT2D eigenvalue weighted by Gasteiger charge is 2.16. The van der Waals surface area contributed by atoms with Crippen molar-refractivity contribution in [1.82, 2.24) is 4.90 Å². The average Bonchev–Trinajstić information content (AvgIpc) is 3.11. The molecule has 6 nitrogen and oxygen atoms in total. The van der Waals surface area contributed by atoms with E-state index >= 15 is 0 Å². The molecule has 8 heteroatoms. The van der Waals surface area contributed by atoms with Crippen LogP contribution in [0.3, 0.4) is 0 Å². The monoisotopic (exact) mass is 409 g/mol. The predicted octanol–water partition coefficient (Wildman–Crippen LogP) is 4.04. The summed E-state index contributed by atoms with van der Waals surface area (Å²) in [6, 6.07) is 18.9. The van der Waals surface area contributed by atoms with E-state index in [2.05, 4.69) is 79.0 Å². The molecule has 2 aromatic carbocycles. The molecule has 3 aromatic rings. The molecule has 0 spiro atoms. The highest BCUT2D eigenvalue weighted by Crippen LogP contribution is 2.32. The van der Waals surface area contributed by atoms with Gasteiger partial charge in [-0.3, -0.25) is 0 Å². The fourth-order valence-electron chi connectivity index (χ4n) is 2.56. The number of phosphoric acid groups is 1. The van der Waals surface area contributed by atoms with E-state index in [-0.39, 0.29) is 6.10 Å². The molecule has 0 saturated heterocycles. The first-order chi connectivity index (χ1) is 12.7. The van der Waals surface area contributed by atoms with Crippen LogP contribution in [0.4, 0.5) is 0 Å². The van der Waals surface area contributed by atoms with Crippen LogP contribution in [0.2, 0.25) is 0 Å². The Labute approximate surface area is 162 Å². The van der Waals surface area contributed by atoms with Crippen molar-refractivity contribution < 1.29 is 24.0 Å². The van der Waals surface area contributed by atoms with E-state index in [1.165, 1.54) is 15.6 Å². The second-order valence-corrected chi connectivity index (χ2v) is 8.21. The number of hydrogen-bond acceptors (Lipinski definition) is 4. The number of rotatable bonds is 6. The summed E-state index contributed by atoms with van der Waals surface area (Å²) >= 11 is 1.76. The number of nitrogens with zero attached hydrogens (tertiary/aromatic N) is 1. The topological polar surface area (TPSA) is 90.2 Å². The summed E-state index contributed by atoms with van der Waals surface area (Å²) in [5.74, 6) is 0.968. The normalized spacial score (nSPS) is 12.5. The molecule has 1 heterocycles. The van der Waals surface area contributed by atoms with Gasteiger partial charge in [0.05, 0.1) is 0 Å². The smallest absolute Gasteiger partial charge is 0.466 e. The Kier molecular flexibility index (Phi) is 7.98. The second-order valence-electron chi connectivity index (χ2n) is 6.20. The molecule has 1 atom stereocenters. The molecule has 0 radical (unpaired) electrons. The van der Waals surface area contributed by atoms with Gasteiger partial charge in [-0.2, -0.15) is 0 Å². The number of ether oxygens (including phenoxy) is 1. The molecule has 0 amide bonds. The van der Waals surface area contributed by atoms with Gasteiger partial charge >= 0.3 is 7.82 Å². The lowest BCUT2D eigenvalue weighted by molar-refractivity contribution is 0.185. The van der Waals surface area contributed by atoms with Crippen molar-refractivity contribution in [2.24, 2.45) is 0 Å². The van der Waals surface area contributed by atoms with Crippen LogP contribution >= 0.6 is 19.2 Å². The van der Waals surface area contributed by atoms with Gasteiger partial charge in [-0.25, -0.2) is 4.57 Å². The minimum atomic E-state index is -4.64. The molecule has 0 unspecified atom stereocenters. The summed E-state index contributed by atoms with van der Waals surface area (Å²) in [5, 5.41) is 4.51. The quantitative estimate of drug-likeness (QED) is 0.533. The average molecular weight is 409 g/mol. The summed E-state index contributed by atoms with van der Waals surface area (Å²) < 4.78 is 15.3. The summed E-state index contributed by atoms with van der Waals surface area (Å²) in [6.07, 6.45) is 1.09. The summed E-state index contributed by atoms with van der Waals surface area (Å²) in [5.41, 5.74) is 0. The fourth-order valence-corrected chi connectivity index (χ4v) is 3.35. The molecule has 0 saturated carbocycles. The van der Waals surface area contributed by atoms with E-state index in [4.69, 9.17) is 24.0 Å². The molecule has 0 aliphatic rings. The maximum Gasteiger partial charge on any atom is 0.466 e. The standard InChI is InChI=1S/C19H21NOS.H3O4P/c1-20(2)13-12-18(19-11-6-14-22-19)21-17-10-5-8-15-7-3-4-9-16(15)17;1-5(2,3)4/h3-11,14,18H,12-13H2,1-2H3;(H3,1,2,3,4)/t18-;/m0./s1. The molecule has 3 rings (SSSR count). The van der Waals surface area contributed by atoms with Crippen LogP contribution in [0, 0.1) is 0 Å². The molecule has 0 aliphatic carbocycles. The van der Waals surface area contributed by atoms with E-state index in [1.54, 1.807) is 11.3 Å². The lowest BCUT2D eigenvalue weighted by Crippen LogP contribution is -2.18. The lowest BCUT2D eigenvalue weighted by Gasteiger charge is -2.21. The van der Waals surface area contributed by atoms with E-state index < -0.39 is 7.82 Å². The zero-order valence-corrected chi connectivity index (χ0v) is 16.9. The van der Waals surface area contributed by atoms with Crippen molar-refractivity contribution >= 4 is 29.9 Å². The van der Waals surface area contributed by atoms with E-state index in [9.17, 15) is 0 Å². The minimum Gasteiger partial charge on any atom is -0.484 e. The molecule has 27 heavy (non-hydrogen) atoms. The maximum atomic E-state index is 8.88. The lowest BCUT2D eigenvalue weighted by atomic mass is 10.1. The van der Waals surface area contributed by atoms with E-state index in [0.717, 1.165) is 18.7 Å². The Morgan fingerprint density at radius 2 is 1.70 bits per heavy atom. The van der Waals surface area contributed by atoms with Crippen LogP contribution in [-0.4, -0.2) is 40.2 Å². The van der Waals surface area contributed by atoms with Gasteiger partial charge in [0.1, 0.15) is 11.9 Å². The maximum absolute atomic E-state index is 8.88. The van der Waals surface area contributed by atoms with E-state index in [0.29, 0.717) is 0 Å². The van der Waals surface area contributed by atoms with Gasteiger partial charge in [-0.05, 0) is 37.0 Å². The largest absolute Gasteiger partial charge is 0.484 e. The second kappa shape index (κ2) is 9.99. The molecule has 3 N–H and O–H groups in total. The van der Waals surface area contributed by atoms with Gasteiger partial charge in [0, 0.05) is 23.2 Å². The van der Waals surface area contributed by atoms with Crippen molar-refractivity contribution in [3.63, 3.8) is 0 Å².